The SMILES string of the molecule is CCc1c(NN)ncnc1NC(CC)CSC. The Hall–Kier alpha value is -1.01. The van der Waals surface area contributed by atoms with E-state index in [1.54, 1.807) is 0 Å². The summed E-state index contributed by atoms with van der Waals surface area (Å²) in [4.78, 5) is 8.42. The molecule has 0 aliphatic carbocycles. The first-order chi connectivity index (χ1) is 8.26. The number of hydrazine groups is 1. The molecule has 1 heterocycles. The fourth-order valence-corrected chi connectivity index (χ4v) is 2.37. The van der Waals surface area contributed by atoms with E-state index in [4.69, 9.17) is 5.84 Å². The van der Waals surface area contributed by atoms with Crippen LogP contribution in [0.25, 0.3) is 0 Å². The summed E-state index contributed by atoms with van der Waals surface area (Å²) in [6.45, 7) is 4.24. The minimum Gasteiger partial charge on any atom is -0.366 e. The monoisotopic (exact) mass is 255 g/mol. The van der Waals surface area contributed by atoms with Crippen molar-refractivity contribution in [2.75, 3.05) is 22.8 Å². The lowest BCUT2D eigenvalue weighted by Gasteiger charge is -2.19. The van der Waals surface area contributed by atoms with Gasteiger partial charge in [-0.1, -0.05) is 13.8 Å². The van der Waals surface area contributed by atoms with E-state index in [1.807, 2.05) is 11.8 Å². The highest BCUT2D eigenvalue weighted by molar-refractivity contribution is 7.98. The second kappa shape index (κ2) is 7.34. The summed E-state index contributed by atoms with van der Waals surface area (Å²) in [6.07, 6.45) is 5.55. The Bertz CT molecular complexity index is 345. The first-order valence-corrected chi connectivity index (χ1v) is 7.22. The fraction of sp³-hybridized carbons (Fsp3) is 0.636. The number of nitrogen functional groups attached to an aromatic ring is 1. The second-order valence-corrected chi connectivity index (χ2v) is 4.66. The third kappa shape index (κ3) is 3.74. The van der Waals surface area contributed by atoms with Gasteiger partial charge in [-0.2, -0.15) is 11.8 Å². The maximum Gasteiger partial charge on any atom is 0.148 e. The normalized spacial score (nSPS) is 12.2. The summed E-state index contributed by atoms with van der Waals surface area (Å²) < 4.78 is 0. The van der Waals surface area contributed by atoms with Crippen LogP contribution >= 0.6 is 11.8 Å². The zero-order valence-electron chi connectivity index (χ0n) is 10.7. The predicted octanol–water partition coefficient (Wildman–Crippen LogP) is 1.88. The van der Waals surface area contributed by atoms with Crippen LogP contribution in [0.1, 0.15) is 25.8 Å². The standard InChI is InChI=1S/C11H21N5S/c1-4-8(6-17-3)15-10-9(5-2)11(16-12)14-7-13-10/h7-8H,4-6,12H2,1-3H3,(H2,13,14,15,16). The van der Waals surface area contributed by atoms with Crippen molar-refractivity contribution in [1.29, 1.82) is 0 Å². The summed E-state index contributed by atoms with van der Waals surface area (Å²) in [5.41, 5.74) is 3.65. The molecule has 0 amide bonds. The van der Waals surface area contributed by atoms with Crippen LogP contribution in [0.5, 0.6) is 0 Å². The van der Waals surface area contributed by atoms with Crippen molar-refractivity contribution < 1.29 is 0 Å². The molecule has 96 valence electrons. The van der Waals surface area contributed by atoms with Gasteiger partial charge in [0, 0.05) is 17.4 Å². The third-order valence-electron chi connectivity index (χ3n) is 2.64. The summed E-state index contributed by atoms with van der Waals surface area (Å²) >= 11 is 1.83. The number of thioether (sulfide) groups is 1. The lowest BCUT2D eigenvalue weighted by Crippen LogP contribution is -2.23. The van der Waals surface area contributed by atoms with Crippen LogP contribution in [0, 0.1) is 0 Å². The molecule has 5 nitrogen and oxygen atoms in total. The first-order valence-electron chi connectivity index (χ1n) is 5.82. The molecular formula is C11H21N5S. The number of aromatic nitrogens is 2. The lowest BCUT2D eigenvalue weighted by molar-refractivity contribution is 0.766. The van der Waals surface area contributed by atoms with E-state index >= 15 is 0 Å². The van der Waals surface area contributed by atoms with E-state index in [0.29, 0.717) is 11.9 Å². The van der Waals surface area contributed by atoms with E-state index in [2.05, 4.69) is 40.8 Å². The molecule has 6 heteroatoms. The maximum absolute atomic E-state index is 5.44. The van der Waals surface area contributed by atoms with Gasteiger partial charge in [0.15, 0.2) is 0 Å². The van der Waals surface area contributed by atoms with E-state index in [1.165, 1.54) is 6.33 Å². The average molecular weight is 255 g/mol. The van der Waals surface area contributed by atoms with Gasteiger partial charge in [-0.25, -0.2) is 15.8 Å². The second-order valence-electron chi connectivity index (χ2n) is 3.75. The molecule has 0 aliphatic rings. The summed E-state index contributed by atoms with van der Waals surface area (Å²) in [5, 5.41) is 3.46. The van der Waals surface area contributed by atoms with Gasteiger partial charge in [0.05, 0.1) is 0 Å². The Morgan fingerprint density at radius 1 is 1.35 bits per heavy atom. The summed E-state index contributed by atoms with van der Waals surface area (Å²) in [6, 6.07) is 0.427. The van der Waals surface area contributed by atoms with Crippen molar-refractivity contribution >= 4 is 23.4 Å². The number of nitrogens with zero attached hydrogens (tertiary/aromatic N) is 2. The molecule has 17 heavy (non-hydrogen) atoms. The van der Waals surface area contributed by atoms with Gasteiger partial charge in [0.2, 0.25) is 0 Å². The highest BCUT2D eigenvalue weighted by Gasteiger charge is 2.12. The van der Waals surface area contributed by atoms with Crippen molar-refractivity contribution in [3.63, 3.8) is 0 Å². The Morgan fingerprint density at radius 2 is 2.06 bits per heavy atom. The third-order valence-corrected chi connectivity index (χ3v) is 3.37. The molecular weight excluding hydrogens is 234 g/mol. The van der Waals surface area contributed by atoms with Crippen molar-refractivity contribution in [2.24, 2.45) is 5.84 Å². The zero-order valence-corrected chi connectivity index (χ0v) is 11.5. The number of nitrogens with one attached hydrogen (secondary N) is 2. The Balaban J connectivity index is 2.88. The summed E-state index contributed by atoms with van der Waals surface area (Å²) in [7, 11) is 0. The van der Waals surface area contributed by atoms with Crippen LogP contribution in [-0.2, 0) is 6.42 Å². The van der Waals surface area contributed by atoms with E-state index in [0.717, 1.165) is 30.0 Å². The highest BCUT2D eigenvalue weighted by atomic mass is 32.2. The molecule has 0 saturated carbocycles. The largest absolute Gasteiger partial charge is 0.366 e. The predicted molar refractivity (Wildman–Crippen MR) is 75.3 cm³/mol. The molecule has 1 aromatic rings. The molecule has 1 aromatic heterocycles. The molecule has 0 aliphatic heterocycles. The molecule has 0 saturated heterocycles. The van der Waals surface area contributed by atoms with Crippen LogP contribution < -0.4 is 16.6 Å². The first kappa shape index (κ1) is 14.1. The molecule has 0 fully saturated rings. The molecule has 0 bridgehead atoms. The summed E-state index contributed by atoms with van der Waals surface area (Å²) in [5.74, 6) is 8.09. The Morgan fingerprint density at radius 3 is 2.59 bits per heavy atom. The molecule has 0 radical (unpaired) electrons. The van der Waals surface area contributed by atoms with Crippen molar-refractivity contribution in [3.8, 4) is 0 Å². The number of hydrogen-bond acceptors (Lipinski definition) is 6. The van der Waals surface area contributed by atoms with E-state index in [-0.39, 0.29) is 0 Å². The number of nitrogens with two attached hydrogens (primary N) is 1. The molecule has 0 spiro atoms. The quantitative estimate of drug-likeness (QED) is 0.510. The van der Waals surface area contributed by atoms with Gasteiger partial charge in [0.1, 0.15) is 18.0 Å². The van der Waals surface area contributed by atoms with E-state index in [9.17, 15) is 0 Å². The Labute approximate surface area is 107 Å². The van der Waals surface area contributed by atoms with Gasteiger partial charge in [-0.15, -0.1) is 0 Å². The van der Waals surface area contributed by atoms with Crippen LogP contribution in [0.4, 0.5) is 11.6 Å². The van der Waals surface area contributed by atoms with Gasteiger partial charge in [0.25, 0.3) is 0 Å². The lowest BCUT2D eigenvalue weighted by atomic mass is 10.2. The van der Waals surface area contributed by atoms with Crippen LogP contribution in [0.3, 0.4) is 0 Å². The minimum atomic E-state index is 0.427. The highest BCUT2D eigenvalue weighted by Crippen LogP contribution is 2.21. The molecule has 4 N–H and O–H groups in total. The topological polar surface area (TPSA) is 75.9 Å². The molecule has 1 atom stereocenters. The van der Waals surface area contributed by atoms with Gasteiger partial charge in [-0.3, -0.25) is 0 Å². The Kier molecular flexibility index (Phi) is 6.07. The number of anilines is 2. The zero-order chi connectivity index (χ0) is 12.7. The van der Waals surface area contributed by atoms with Crippen LogP contribution in [-0.4, -0.2) is 28.0 Å². The van der Waals surface area contributed by atoms with Crippen molar-refractivity contribution in [2.45, 2.75) is 32.7 Å². The minimum absolute atomic E-state index is 0.427. The maximum atomic E-state index is 5.44. The molecule has 1 unspecified atom stereocenters. The number of hydrogen-bond donors (Lipinski definition) is 3. The van der Waals surface area contributed by atoms with Crippen LogP contribution in [0.15, 0.2) is 6.33 Å². The van der Waals surface area contributed by atoms with Crippen molar-refractivity contribution in [3.05, 3.63) is 11.9 Å². The van der Waals surface area contributed by atoms with Gasteiger partial charge < -0.3 is 10.7 Å². The van der Waals surface area contributed by atoms with Crippen molar-refractivity contribution in [1.82, 2.24) is 9.97 Å². The average Bonchev–Trinajstić information content (AvgIpc) is 2.37. The van der Waals surface area contributed by atoms with Crippen LogP contribution in [0.2, 0.25) is 0 Å². The van der Waals surface area contributed by atoms with Gasteiger partial charge in [-0.05, 0) is 19.1 Å². The molecule has 1 rings (SSSR count). The fourth-order valence-electron chi connectivity index (χ4n) is 1.65. The van der Waals surface area contributed by atoms with Gasteiger partial charge >= 0.3 is 0 Å². The van der Waals surface area contributed by atoms with E-state index < -0.39 is 0 Å². The smallest absolute Gasteiger partial charge is 0.148 e. The molecule has 0 aromatic carbocycles. The number of rotatable bonds is 7.